The Labute approximate surface area is 201 Å². The van der Waals surface area contributed by atoms with Crippen LogP contribution in [0, 0.1) is 18.3 Å². The van der Waals surface area contributed by atoms with Gasteiger partial charge in [0.2, 0.25) is 11.4 Å². The van der Waals surface area contributed by atoms with Gasteiger partial charge < -0.3 is 9.72 Å². The highest BCUT2D eigenvalue weighted by molar-refractivity contribution is 6.32. The average molecular weight is 472 g/mol. The van der Waals surface area contributed by atoms with Gasteiger partial charge in [0.15, 0.2) is 0 Å². The lowest BCUT2D eigenvalue weighted by Gasteiger charge is -2.14. The Bertz CT molecular complexity index is 1440. The number of aromatic nitrogens is 4. The Morgan fingerprint density at radius 2 is 2.00 bits per heavy atom. The fourth-order valence-corrected chi connectivity index (χ4v) is 4.68. The molecular weight excluding hydrogens is 450 g/mol. The van der Waals surface area contributed by atoms with Crippen molar-refractivity contribution in [1.29, 1.82) is 5.26 Å². The third-order valence-corrected chi connectivity index (χ3v) is 6.40. The molecule has 0 saturated heterocycles. The van der Waals surface area contributed by atoms with Crippen LogP contribution in [0.15, 0.2) is 59.8 Å². The maximum absolute atomic E-state index is 12.3. The molecule has 0 radical (unpaired) electrons. The number of nitrogens with zero attached hydrogens (tertiary/aromatic N) is 4. The Hall–Kier alpha value is -3.89. The normalized spacial score (nSPS) is 13.7. The summed E-state index contributed by atoms with van der Waals surface area (Å²) in [4.78, 5) is 19.7. The van der Waals surface area contributed by atoms with E-state index in [1.54, 1.807) is 41.3 Å². The van der Waals surface area contributed by atoms with Crippen LogP contribution < -0.4 is 10.3 Å². The van der Waals surface area contributed by atoms with Gasteiger partial charge in [0.1, 0.15) is 12.2 Å². The Kier molecular flexibility index (Phi) is 5.91. The highest BCUT2D eigenvalue weighted by Gasteiger charge is 2.19. The van der Waals surface area contributed by atoms with E-state index in [-0.39, 0.29) is 11.7 Å². The molecule has 0 unspecified atom stereocenters. The number of nitriles is 1. The second kappa shape index (κ2) is 9.16. The molecule has 0 aliphatic heterocycles. The van der Waals surface area contributed by atoms with Crippen molar-refractivity contribution in [1.82, 2.24) is 19.7 Å². The molecule has 34 heavy (non-hydrogen) atoms. The number of halogens is 1. The van der Waals surface area contributed by atoms with Crippen molar-refractivity contribution in [3.8, 4) is 39.9 Å². The lowest BCUT2D eigenvalue weighted by Crippen LogP contribution is -2.11. The van der Waals surface area contributed by atoms with E-state index in [1.165, 1.54) is 12.8 Å². The molecule has 1 fully saturated rings. The van der Waals surface area contributed by atoms with Crippen LogP contribution in [0.2, 0.25) is 5.02 Å². The van der Waals surface area contributed by atoms with Gasteiger partial charge in [0.05, 0.1) is 22.5 Å². The number of H-pyrrole nitrogens is 1. The van der Waals surface area contributed by atoms with Crippen molar-refractivity contribution in [3.63, 3.8) is 0 Å². The lowest BCUT2D eigenvalue weighted by molar-refractivity contribution is 0.201. The minimum Gasteiger partial charge on any atom is -0.474 e. The fourth-order valence-electron chi connectivity index (χ4n) is 4.47. The van der Waals surface area contributed by atoms with Gasteiger partial charge in [-0.05, 0) is 56.4 Å². The smallest absolute Gasteiger partial charge is 0.248 e. The first-order chi connectivity index (χ1) is 16.5. The van der Waals surface area contributed by atoms with Gasteiger partial charge in [-0.15, -0.1) is 0 Å². The molecule has 3 heterocycles. The maximum Gasteiger partial charge on any atom is 0.248 e. The first-order valence-electron chi connectivity index (χ1n) is 11.1. The first kappa shape index (κ1) is 21.9. The van der Waals surface area contributed by atoms with E-state index in [2.05, 4.69) is 21.1 Å². The molecule has 1 N–H and O–H groups in total. The van der Waals surface area contributed by atoms with E-state index < -0.39 is 0 Å². The Morgan fingerprint density at radius 3 is 2.74 bits per heavy atom. The van der Waals surface area contributed by atoms with Crippen LogP contribution in [0.3, 0.4) is 0 Å². The van der Waals surface area contributed by atoms with Crippen LogP contribution in [-0.4, -0.2) is 25.9 Å². The average Bonchev–Trinajstić information content (AvgIpc) is 3.51. The molecule has 5 rings (SSSR count). The summed E-state index contributed by atoms with van der Waals surface area (Å²) in [5, 5.41) is 14.4. The zero-order chi connectivity index (χ0) is 23.7. The van der Waals surface area contributed by atoms with Gasteiger partial charge in [-0.2, -0.15) is 10.4 Å². The van der Waals surface area contributed by atoms with Gasteiger partial charge in [-0.3, -0.25) is 4.79 Å². The van der Waals surface area contributed by atoms with Crippen LogP contribution in [0.1, 0.15) is 36.9 Å². The molecular formula is C26H22ClN5O2. The first-order valence-corrected chi connectivity index (χ1v) is 11.5. The Morgan fingerprint density at radius 1 is 1.18 bits per heavy atom. The standard InChI is InChI=1S/C26H22ClN5O2/c1-16-26(18-14-30-32(15-18)23-8-4-7-22(27)21(23)12-28)20(11-24(33)31-16)17-9-10-25(29-13-17)34-19-5-2-3-6-19/h4,7-11,13-15,19H,2-3,5-6H2,1H3,(H,31,33). The summed E-state index contributed by atoms with van der Waals surface area (Å²) in [7, 11) is 0. The maximum atomic E-state index is 12.3. The van der Waals surface area contributed by atoms with E-state index in [0.717, 1.165) is 35.1 Å². The lowest BCUT2D eigenvalue weighted by atomic mass is 9.96. The van der Waals surface area contributed by atoms with E-state index >= 15 is 0 Å². The summed E-state index contributed by atoms with van der Waals surface area (Å²) in [6.45, 7) is 1.85. The monoisotopic (exact) mass is 471 g/mol. The van der Waals surface area contributed by atoms with Crippen molar-refractivity contribution >= 4 is 11.6 Å². The number of aromatic amines is 1. The molecule has 0 amide bonds. The predicted octanol–water partition coefficient (Wildman–Crippen LogP) is 5.44. The zero-order valence-electron chi connectivity index (χ0n) is 18.6. The number of rotatable bonds is 5. The van der Waals surface area contributed by atoms with Crippen molar-refractivity contribution < 1.29 is 4.74 Å². The number of benzene rings is 1. The van der Waals surface area contributed by atoms with Gasteiger partial charge >= 0.3 is 0 Å². The number of nitrogens with one attached hydrogen (secondary N) is 1. The SMILES string of the molecule is Cc1[nH]c(=O)cc(-c2ccc(OC3CCCC3)nc2)c1-c1cnn(-c2cccc(Cl)c2C#N)c1. The minimum absolute atomic E-state index is 0.198. The predicted molar refractivity (Wildman–Crippen MR) is 130 cm³/mol. The largest absolute Gasteiger partial charge is 0.474 e. The van der Waals surface area contributed by atoms with Gasteiger partial charge in [-0.25, -0.2) is 9.67 Å². The van der Waals surface area contributed by atoms with Crippen LogP contribution in [0.4, 0.5) is 0 Å². The molecule has 170 valence electrons. The molecule has 1 aromatic carbocycles. The molecule has 0 bridgehead atoms. The molecule has 1 aliphatic rings. The third-order valence-electron chi connectivity index (χ3n) is 6.09. The highest BCUT2D eigenvalue weighted by Crippen LogP contribution is 2.34. The molecule has 1 saturated carbocycles. The van der Waals surface area contributed by atoms with Crippen LogP contribution >= 0.6 is 11.6 Å². The topological polar surface area (TPSA) is 96.6 Å². The molecule has 0 spiro atoms. The summed E-state index contributed by atoms with van der Waals surface area (Å²) in [6.07, 6.45) is 9.99. The van der Waals surface area contributed by atoms with Crippen LogP contribution in [0.5, 0.6) is 5.88 Å². The summed E-state index contributed by atoms with van der Waals surface area (Å²) in [5.74, 6) is 0.594. The second-order valence-electron chi connectivity index (χ2n) is 8.38. The highest BCUT2D eigenvalue weighted by atomic mass is 35.5. The van der Waals surface area contributed by atoms with Crippen molar-refractivity contribution in [3.05, 3.63) is 81.6 Å². The summed E-state index contributed by atoms with van der Waals surface area (Å²) in [6, 6.07) is 12.7. The molecule has 0 atom stereocenters. The van der Waals surface area contributed by atoms with Crippen molar-refractivity contribution in [2.45, 2.75) is 38.7 Å². The van der Waals surface area contributed by atoms with Crippen molar-refractivity contribution in [2.24, 2.45) is 0 Å². The number of hydrogen-bond donors (Lipinski definition) is 1. The van der Waals surface area contributed by atoms with Gasteiger partial charge in [0.25, 0.3) is 0 Å². The molecule has 3 aromatic heterocycles. The number of aryl methyl sites for hydroxylation is 1. The van der Waals surface area contributed by atoms with E-state index in [1.807, 2.05) is 25.3 Å². The van der Waals surface area contributed by atoms with Crippen molar-refractivity contribution in [2.75, 3.05) is 0 Å². The summed E-state index contributed by atoms with van der Waals surface area (Å²) >= 11 is 6.20. The second-order valence-corrected chi connectivity index (χ2v) is 8.78. The van der Waals surface area contributed by atoms with E-state index in [9.17, 15) is 10.1 Å². The fraction of sp³-hybridized carbons (Fsp3) is 0.231. The van der Waals surface area contributed by atoms with E-state index in [4.69, 9.17) is 16.3 Å². The molecule has 7 nitrogen and oxygen atoms in total. The molecule has 4 aromatic rings. The van der Waals surface area contributed by atoms with Crippen LogP contribution in [0.25, 0.3) is 27.9 Å². The number of ether oxygens (including phenoxy) is 1. The quantitative estimate of drug-likeness (QED) is 0.417. The Balaban J connectivity index is 1.54. The summed E-state index contributed by atoms with van der Waals surface area (Å²) in [5.41, 5.74) is 4.61. The minimum atomic E-state index is -0.198. The van der Waals surface area contributed by atoms with Gasteiger partial charge in [0, 0.05) is 46.9 Å². The zero-order valence-corrected chi connectivity index (χ0v) is 19.3. The molecule has 1 aliphatic carbocycles. The summed E-state index contributed by atoms with van der Waals surface area (Å²) < 4.78 is 7.60. The van der Waals surface area contributed by atoms with Crippen LogP contribution in [-0.2, 0) is 0 Å². The molecule has 8 heteroatoms. The third kappa shape index (κ3) is 4.20. The number of hydrogen-bond acceptors (Lipinski definition) is 5. The number of pyridine rings is 2. The van der Waals surface area contributed by atoms with Gasteiger partial charge in [-0.1, -0.05) is 17.7 Å². The van der Waals surface area contributed by atoms with E-state index in [0.29, 0.717) is 27.8 Å².